The van der Waals surface area contributed by atoms with Crippen molar-refractivity contribution in [1.82, 2.24) is 0 Å². The van der Waals surface area contributed by atoms with Crippen LogP contribution < -0.4 is 5.32 Å². The first-order valence-electron chi connectivity index (χ1n) is 6.49. The molecule has 0 heterocycles. The van der Waals surface area contributed by atoms with Crippen LogP contribution in [0, 0.1) is 21.4 Å². The summed E-state index contributed by atoms with van der Waals surface area (Å²) in [5.41, 5.74) is 0.887. The molecule has 4 nitrogen and oxygen atoms in total. The molecule has 0 radical (unpaired) electrons. The summed E-state index contributed by atoms with van der Waals surface area (Å²) in [5.74, 6) is 0.494. The summed E-state index contributed by atoms with van der Waals surface area (Å²) in [5, 5.41) is 14.9. The van der Waals surface area contributed by atoms with Crippen molar-refractivity contribution in [2.45, 2.75) is 39.7 Å². The van der Waals surface area contributed by atoms with E-state index in [0.29, 0.717) is 16.6 Å². The maximum Gasteiger partial charge on any atom is 0.292 e. The summed E-state index contributed by atoms with van der Waals surface area (Å²) in [6.45, 7) is 6.65. The normalized spacial score (nSPS) is 25.3. The number of rotatable bonds is 3. The zero-order chi connectivity index (χ0) is 14.2. The molecule has 1 saturated carbocycles. The lowest BCUT2D eigenvalue weighted by Crippen LogP contribution is -2.23. The Hall–Kier alpha value is -1.29. The Morgan fingerprint density at radius 1 is 1.42 bits per heavy atom. The van der Waals surface area contributed by atoms with E-state index in [1.807, 2.05) is 0 Å². The summed E-state index contributed by atoms with van der Waals surface area (Å²) >= 11 is 5.94. The second kappa shape index (κ2) is 5.00. The van der Waals surface area contributed by atoms with Gasteiger partial charge in [0.1, 0.15) is 5.69 Å². The van der Waals surface area contributed by atoms with Crippen LogP contribution in [0.25, 0.3) is 0 Å². The van der Waals surface area contributed by atoms with Crippen LogP contribution >= 0.6 is 11.6 Å². The van der Waals surface area contributed by atoms with E-state index in [0.717, 1.165) is 12.8 Å². The first kappa shape index (κ1) is 14.1. The first-order chi connectivity index (χ1) is 8.78. The number of nitro groups is 1. The van der Waals surface area contributed by atoms with Gasteiger partial charge in [0.05, 0.1) is 4.92 Å². The van der Waals surface area contributed by atoms with Crippen LogP contribution in [0.4, 0.5) is 11.4 Å². The molecular weight excluding hydrogens is 264 g/mol. The van der Waals surface area contributed by atoms with Crippen LogP contribution in [0.3, 0.4) is 0 Å². The highest BCUT2D eigenvalue weighted by Crippen LogP contribution is 2.43. The third kappa shape index (κ3) is 3.18. The standard InChI is InChI=1S/C14H19ClN2O2/c1-9-7-14(2,3)8-12(9)16-11-6-10(15)4-5-13(11)17(18)19/h4-6,9,12,16H,7-8H2,1-3H3. The lowest BCUT2D eigenvalue weighted by molar-refractivity contribution is -0.384. The van der Waals surface area contributed by atoms with E-state index in [1.54, 1.807) is 12.1 Å². The molecule has 5 heteroatoms. The minimum Gasteiger partial charge on any atom is -0.376 e. The van der Waals surface area contributed by atoms with Gasteiger partial charge in [-0.05, 0) is 36.3 Å². The average Bonchev–Trinajstić information content (AvgIpc) is 2.51. The molecule has 1 aliphatic rings. The van der Waals surface area contributed by atoms with E-state index in [2.05, 4.69) is 26.1 Å². The van der Waals surface area contributed by atoms with Gasteiger partial charge in [0.15, 0.2) is 0 Å². The molecule has 19 heavy (non-hydrogen) atoms. The SMILES string of the molecule is CC1CC(C)(C)CC1Nc1cc(Cl)ccc1[N+](=O)[O-]. The van der Waals surface area contributed by atoms with E-state index < -0.39 is 0 Å². The van der Waals surface area contributed by atoms with Gasteiger partial charge in [0, 0.05) is 17.1 Å². The van der Waals surface area contributed by atoms with Crippen molar-refractivity contribution >= 4 is 23.0 Å². The molecule has 2 atom stereocenters. The first-order valence-corrected chi connectivity index (χ1v) is 6.87. The molecule has 1 aliphatic carbocycles. The highest BCUT2D eigenvalue weighted by Gasteiger charge is 2.37. The lowest BCUT2D eigenvalue weighted by atomic mass is 9.91. The van der Waals surface area contributed by atoms with Gasteiger partial charge in [-0.25, -0.2) is 0 Å². The number of hydrogen-bond acceptors (Lipinski definition) is 3. The van der Waals surface area contributed by atoms with E-state index in [-0.39, 0.29) is 22.1 Å². The van der Waals surface area contributed by atoms with Crippen LogP contribution in [0.1, 0.15) is 33.6 Å². The molecule has 1 aromatic rings. The van der Waals surface area contributed by atoms with Crippen molar-refractivity contribution in [1.29, 1.82) is 0 Å². The molecule has 0 spiro atoms. The number of hydrogen-bond donors (Lipinski definition) is 1. The third-order valence-corrected chi connectivity index (χ3v) is 4.07. The lowest BCUT2D eigenvalue weighted by Gasteiger charge is -2.19. The summed E-state index contributed by atoms with van der Waals surface area (Å²) < 4.78 is 0. The van der Waals surface area contributed by atoms with Crippen LogP contribution in [-0.4, -0.2) is 11.0 Å². The maximum atomic E-state index is 11.0. The molecule has 0 bridgehead atoms. The minimum absolute atomic E-state index is 0.0845. The number of nitro benzene ring substituents is 1. The topological polar surface area (TPSA) is 55.2 Å². The molecule has 0 saturated heterocycles. The molecule has 1 fully saturated rings. The quantitative estimate of drug-likeness (QED) is 0.657. The van der Waals surface area contributed by atoms with Gasteiger partial charge in [-0.2, -0.15) is 0 Å². The molecule has 104 valence electrons. The van der Waals surface area contributed by atoms with Gasteiger partial charge < -0.3 is 5.32 Å². The highest BCUT2D eigenvalue weighted by molar-refractivity contribution is 6.31. The summed E-state index contributed by atoms with van der Waals surface area (Å²) in [6.07, 6.45) is 2.14. The van der Waals surface area contributed by atoms with E-state index >= 15 is 0 Å². The van der Waals surface area contributed by atoms with Crippen LogP contribution in [0.5, 0.6) is 0 Å². The van der Waals surface area contributed by atoms with Gasteiger partial charge in [-0.3, -0.25) is 10.1 Å². The molecule has 0 aliphatic heterocycles. The third-order valence-electron chi connectivity index (χ3n) is 3.83. The molecular formula is C14H19ClN2O2. The predicted octanol–water partition coefficient (Wildman–Crippen LogP) is 4.48. The Balaban J connectivity index is 2.24. The number of halogens is 1. The van der Waals surface area contributed by atoms with Crippen molar-refractivity contribution in [3.05, 3.63) is 33.3 Å². The van der Waals surface area contributed by atoms with Gasteiger partial charge in [0.25, 0.3) is 5.69 Å². The Labute approximate surface area is 118 Å². The predicted molar refractivity (Wildman–Crippen MR) is 77.7 cm³/mol. The molecule has 1 N–H and O–H groups in total. The fourth-order valence-corrected chi connectivity index (χ4v) is 3.24. The van der Waals surface area contributed by atoms with Gasteiger partial charge in [0.2, 0.25) is 0 Å². The second-order valence-corrected chi connectivity index (χ2v) is 6.66. The largest absolute Gasteiger partial charge is 0.376 e. The van der Waals surface area contributed by atoms with E-state index in [4.69, 9.17) is 11.6 Å². The van der Waals surface area contributed by atoms with E-state index in [9.17, 15) is 10.1 Å². The fraction of sp³-hybridized carbons (Fsp3) is 0.571. The smallest absolute Gasteiger partial charge is 0.292 e. The number of anilines is 1. The molecule has 2 unspecified atom stereocenters. The van der Waals surface area contributed by atoms with Crippen LogP contribution in [0.2, 0.25) is 5.02 Å². The molecule has 0 amide bonds. The van der Waals surface area contributed by atoms with E-state index in [1.165, 1.54) is 6.07 Å². The molecule has 2 rings (SSSR count). The summed E-state index contributed by atoms with van der Waals surface area (Å²) in [4.78, 5) is 10.7. The van der Waals surface area contributed by atoms with Crippen molar-refractivity contribution < 1.29 is 4.92 Å². The maximum absolute atomic E-state index is 11.0. The summed E-state index contributed by atoms with van der Waals surface area (Å²) in [7, 11) is 0. The van der Waals surface area contributed by atoms with Crippen molar-refractivity contribution in [3.8, 4) is 0 Å². The Morgan fingerprint density at radius 3 is 2.63 bits per heavy atom. The van der Waals surface area contributed by atoms with Gasteiger partial charge >= 0.3 is 0 Å². The second-order valence-electron chi connectivity index (χ2n) is 6.22. The average molecular weight is 283 g/mol. The fourth-order valence-electron chi connectivity index (χ4n) is 3.07. The Morgan fingerprint density at radius 2 is 2.11 bits per heavy atom. The van der Waals surface area contributed by atoms with Crippen molar-refractivity contribution in [2.24, 2.45) is 11.3 Å². The highest BCUT2D eigenvalue weighted by atomic mass is 35.5. The monoisotopic (exact) mass is 282 g/mol. The van der Waals surface area contributed by atoms with Crippen molar-refractivity contribution in [3.63, 3.8) is 0 Å². The van der Waals surface area contributed by atoms with Gasteiger partial charge in [-0.1, -0.05) is 32.4 Å². The number of nitrogens with one attached hydrogen (secondary N) is 1. The van der Waals surface area contributed by atoms with Crippen LogP contribution in [0.15, 0.2) is 18.2 Å². The van der Waals surface area contributed by atoms with Gasteiger partial charge in [-0.15, -0.1) is 0 Å². The zero-order valence-electron chi connectivity index (χ0n) is 11.4. The number of benzene rings is 1. The zero-order valence-corrected chi connectivity index (χ0v) is 12.2. The summed E-state index contributed by atoms with van der Waals surface area (Å²) in [6, 6.07) is 4.90. The Kier molecular flexibility index (Phi) is 3.72. The Bertz CT molecular complexity index is 502. The molecule has 1 aromatic carbocycles. The van der Waals surface area contributed by atoms with Crippen molar-refractivity contribution in [2.75, 3.05) is 5.32 Å². The molecule has 0 aromatic heterocycles. The van der Waals surface area contributed by atoms with Crippen LogP contribution in [-0.2, 0) is 0 Å². The minimum atomic E-state index is -0.372. The number of nitrogens with zero attached hydrogens (tertiary/aromatic N) is 1.